The number of likely N-dealkylation sites (tertiary alicyclic amines) is 1. The Hall–Kier alpha value is -2.34. The molecule has 0 bridgehead atoms. The molecular formula is C18H20N2O3S. The van der Waals surface area contributed by atoms with Gasteiger partial charge in [0, 0.05) is 17.0 Å². The fourth-order valence-corrected chi connectivity index (χ4v) is 3.85. The highest BCUT2D eigenvalue weighted by molar-refractivity contribution is 7.10. The summed E-state index contributed by atoms with van der Waals surface area (Å²) in [7, 11) is 0. The van der Waals surface area contributed by atoms with E-state index in [-0.39, 0.29) is 18.6 Å². The Labute approximate surface area is 145 Å². The average molecular weight is 344 g/mol. The second-order valence-electron chi connectivity index (χ2n) is 5.75. The van der Waals surface area contributed by atoms with E-state index in [1.165, 1.54) is 4.88 Å². The molecule has 0 aliphatic carbocycles. The minimum Gasteiger partial charge on any atom is -0.493 e. The molecule has 0 saturated carbocycles. The number of carbonyl (C=O) groups excluding carboxylic acids is 2. The molecule has 6 heteroatoms. The van der Waals surface area contributed by atoms with Crippen LogP contribution in [0.1, 0.15) is 40.5 Å². The van der Waals surface area contributed by atoms with Crippen LogP contribution in [0.2, 0.25) is 0 Å². The van der Waals surface area contributed by atoms with Crippen molar-refractivity contribution in [2.24, 2.45) is 5.73 Å². The molecule has 1 aliphatic rings. The highest BCUT2D eigenvalue weighted by Gasteiger charge is 2.30. The standard InChI is InChI=1S/C18H20N2O3S/c19-18(22)13-4-1-5-14(12-13)23-10-8-17(21)20-9-2-6-15(20)16-7-3-11-24-16/h1,3-5,7,11-12,15H,2,6,8-10H2,(H2,19,22). The zero-order valence-corrected chi connectivity index (χ0v) is 14.1. The first-order valence-electron chi connectivity index (χ1n) is 8.00. The maximum absolute atomic E-state index is 12.5. The van der Waals surface area contributed by atoms with E-state index in [1.54, 1.807) is 35.6 Å². The van der Waals surface area contributed by atoms with Gasteiger partial charge in [-0.3, -0.25) is 9.59 Å². The van der Waals surface area contributed by atoms with Crippen LogP contribution in [0.15, 0.2) is 41.8 Å². The number of primary amides is 1. The smallest absolute Gasteiger partial charge is 0.248 e. The van der Waals surface area contributed by atoms with Crippen LogP contribution >= 0.6 is 11.3 Å². The van der Waals surface area contributed by atoms with Crippen molar-refractivity contribution in [3.63, 3.8) is 0 Å². The van der Waals surface area contributed by atoms with E-state index < -0.39 is 5.91 Å². The number of rotatable bonds is 6. The van der Waals surface area contributed by atoms with E-state index in [1.807, 2.05) is 16.3 Å². The lowest BCUT2D eigenvalue weighted by atomic mass is 10.2. The largest absolute Gasteiger partial charge is 0.493 e. The van der Waals surface area contributed by atoms with Gasteiger partial charge in [0.25, 0.3) is 0 Å². The third kappa shape index (κ3) is 3.76. The van der Waals surface area contributed by atoms with Crippen LogP contribution < -0.4 is 10.5 Å². The topological polar surface area (TPSA) is 72.6 Å². The van der Waals surface area contributed by atoms with Crippen LogP contribution in [0.4, 0.5) is 0 Å². The normalized spacial score (nSPS) is 17.0. The van der Waals surface area contributed by atoms with Gasteiger partial charge in [-0.1, -0.05) is 12.1 Å². The zero-order chi connectivity index (χ0) is 16.9. The Balaban J connectivity index is 1.54. The fourth-order valence-electron chi connectivity index (χ4n) is 2.98. The van der Waals surface area contributed by atoms with Crippen LogP contribution in [-0.4, -0.2) is 29.9 Å². The zero-order valence-electron chi connectivity index (χ0n) is 13.3. The molecule has 0 spiro atoms. The summed E-state index contributed by atoms with van der Waals surface area (Å²) in [6.07, 6.45) is 2.38. The summed E-state index contributed by atoms with van der Waals surface area (Å²) in [6.45, 7) is 1.09. The van der Waals surface area contributed by atoms with Crippen LogP contribution in [0.5, 0.6) is 5.75 Å². The Morgan fingerprint density at radius 2 is 2.17 bits per heavy atom. The van der Waals surface area contributed by atoms with Gasteiger partial charge in [0.2, 0.25) is 11.8 Å². The van der Waals surface area contributed by atoms with Crippen molar-refractivity contribution in [2.75, 3.05) is 13.2 Å². The second kappa shape index (κ2) is 7.49. The lowest BCUT2D eigenvalue weighted by Gasteiger charge is -2.24. The number of nitrogens with zero attached hydrogens (tertiary/aromatic N) is 1. The number of nitrogens with two attached hydrogens (primary N) is 1. The SMILES string of the molecule is NC(=O)c1cccc(OCCC(=O)N2CCCC2c2cccs2)c1. The van der Waals surface area contributed by atoms with Crippen molar-refractivity contribution in [1.82, 2.24) is 4.90 Å². The van der Waals surface area contributed by atoms with Crippen LogP contribution in [-0.2, 0) is 4.79 Å². The van der Waals surface area contributed by atoms with Gasteiger partial charge in [-0.2, -0.15) is 0 Å². The van der Waals surface area contributed by atoms with E-state index in [2.05, 4.69) is 6.07 Å². The summed E-state index contributed by atoms with van der Waals surface area (Å²) in [5, 5.41) is 2.05. The van der Waals surface area contributed by atoms with Gasteiger partial charge in [0.1, 0.15) is 5.75 Å². The van der Waals surface area contributed by atoms with Crippen LogP contribution in [0.25, 0.3) is 0 Å². The van der Waals surface area contributed by atoms with Crippen LogP contribution in [0, 0.1) is 0 Å². The summed E-state index contributed by atoms with van der Waals surface area (Å²) in [5.41, 5.74) is 5.65. The first kappa shape index (κ1) is 16.5. The first-order valence-corrected chi connectivity index (χ1v) is 8.88. The fraction of sp³-hybridized carbons (Fsp3) is 0.333. The summed E-state index contributed by atoms with van der Waals surface area (Å²) in [5.74, 6) is 0.166. The van der Waals surface area contributed by atoms with Gasteiger partial charge in [0.05, 0.1) is 19.1 Å². The molecule has 3 rings (SSSR count). The van der Waals surface area contributed by atoms with Crippen molar-refractivity contribution >= 4 is 23.2 Å². The van der Waals surface area contributed by atoms with Crippen molar-refractivity contribution in [3.8, 4) is 5.75 Å². The molecule has 1 aromatic carbocycles. The monoisotopic (exact) mass is 344 g/mol. The van der Waals surface area contributed by atoms with E-state index in [9.17, 15) is 9.59 Å². The molecule has 24 heavy (non-hydrogen) atoms. The highest BCUT2D eigenvalue weighted by atomic mass is 32.1. The molecule has 2 amide bonds. The Bertz CT molecular complexity index is 715. The summed E-state index contributed by atoms with van der Waals surface area (Å²) in [6, 6.07) is 11.0. The quantitative estimate of drug-likeness (QED) is 0.875. The predicted octanol–water partition coefficient (Wildman–Crippen LogP) is 2.98. The van der Waals surface area contributed by atoms with E-state index >= 15 is 0 Å². The Morgan fingerprint density at radius 1 is 1.29 bits per heavy atom. The van der Waals surface area contributed by atoms with Crippen LogP contribution in [0.3, 0.4) is 0 Å². The number of amides is 2. The number of ether oxygens (including phenoxy) is 1. The molecule has 2 aromatic rings. The number of hydrogen-bond donors (Lipinski definition) is 1. The van der Waals surface area contributed by atoms with Crippen molar-refractivity contribution in [2.45, 2.75) is 25.3 Å². The molecule has 1 saturated heterocycles. The third-order valence-corrected chi connectivity index (χ3v) is 5.12. The number of carbonyl (C=O) groups is 2. The van der Waals surface area contributed by atoms with Gasteiger partial charge < -0.3 is 15.4 Å². The van der Waals surface area contributed by atoms with E-state index in [4.69, 9.17) is 10.5 Å². The molecule has 1 aliphatic heterocycles. The Morgan fingerprint density at radius 3 is 2.92 bits per heavy atom. The molecule has 5 nitrogen and oxygen atoms in total. The molecule has 2 N–H and O–H groups in total. The molecule has 1 aromatic heterocycles. The lowest BCUT2D eigenvalue weighted by Crippen LogP contribution is -2.31. The lowest BCUT2D eigenvalue weighted by molar-refractivity contribution is -0.132. The second-order valence-corrected chi connectivity index (χ2v) is 6.73. The van der Waals surface area contributed by atoms with Crippen molar-refractivity contribution in [3.05, 3.63) is 52.2 Å². The van der Waals surface area contributed by atoms with Crippen molar-refractivity contribution < 1.29 is 14.3 Å². The highest BCUT2D eigenvalue weighted by Crippen LogP contribution is 2.34. The van der Waals surface area contributed by atoms with E-state index in [0.717, 1.165) is 19.4 Å². The molecule has 0 radical (unpaired) electrons. The van der Waals surface area contributed by atoms with E-state index in [0.29, 0.717) is 17.7 Å². The van der Waals surface area contributed by atoms with Gasteiger partial charge in [-0.05, 0) is 42.5 Å². The van der Waals surface area contributed by atoms with Gasteiger partial charge in [-0.25, -0.2) is 0 Å². The molecule has 1 fully saturated rings. The maximum atomic E-state index is 12.5. The summed E-state index contributed by atoms with van der Waals surface area (Å²) >= 11 is 1.70. The molecular weight excluding hydrogens is 324 g/mol. The minimum atomic E-state index is -0.493. The summed E-state index contributed by atoms with van der Waals surface area (Å²) in [4.78, 5) is 26.9. The number of hydrogen-bond acceptors (Lipinski definition) is 4. The molecule has 126 valence electrons. The molecule has 1 unspecified atom stereocenters. The predicted molar refractivity (Wildman–Crippen MR) is 93.1 cm³/mol. The first-order chi connectivity index (χ1) is 11.6. The maximum Gasteiger partial charge on any atom is 0.248 e. The minimum absolute atomic E-state index is 0.108. The average Bonchev–Trinajstić information content (AvgIpc) is 3.26. The summed E-state index contributed by atoms with van der Waals surface area (Å²) < 4.78 is 5.60. The molecule has 1 atom stereocenters. The third-order valence-electron chi connectivity index (χ3n) is 4.15. The van der Waals surface area contributed by atoms with Gasteiger partial charge in [0.15, 0.2) is 0 Å². The van der Waals surface area contributed by atoms with Gasteiger partial charge >= 0.3 is 0 Å². The van der Waals surface area contributed by atoms with Crippen molar-refractivity contribution in [1.29, 1.82) is 0 Å². The van der Waals surface area contributed by atoms with Gasteiger partial charge in [-0.15, -0.1) is 11.3 Å². The number of thiophene rings is 1. The number of benzene rings is 1. The molecule has 2 heterocycles. The Kier molecular flexibility index (Phi) is 5.15.